The predicted octanol–water partition coefficient (Wildman–Crippen LogP) is 4.61. The third-order valence-corrected chi connectivity index (χ3v) is 2.87. The molecule has 16 heavy (non-hydrogen) atoms. The fourth-order valence-corrected chi connectivity index (χ4v) is 1.98. The molecule has 2 aromatic rings. The quantitative estimate of drug-likeness (QED) is 0.676. The van der Waals surface area contributed by atoms with Gasteiger partial charge in [0, 0.05) is 0 Å². The van der Waals surface area contributed by atoms with Crippen LogP contribution in [0.1, 0.15) is 16.7 Å². The topological polar surface area (TPSA) is 0 Å². The Hall–Kier alpha value is -1.82. The molecule has 2 rings (SSSR count). The monoisotopic (exact) mass is 208 g/mol. The molecule has 0 aliphatic heterocycles. The van der Waals surface area contributed by atoms with Gasteiger partial charge in [-0.3, -0.25) is 0 Å². The molecule has 0 aliphatic carbocycles. The number of rotatable bonds is 2. The lowest BCUT2D eigenvalue weighted by molar-refractivity contribution is 1.42. The fourth-order valence-electron chi connectivity index (χ4n) is 1.98. The lowest BCUT2D eigenvalue weighted by Crippen LogP contribution is -1.87. The van der Waals surface area contributed by atoms with E-state index in [1.165, 1.54) is 27.8 Å². The van der Waals surface area contributed by atoms with E-state index in [1.54, 1.807) is 0 Å². The van der Waals surface area contributed by atoms with Gasteiger partial charge in [-0.2, -0.15) is 0 Å². The Bertz CT molecular complexity index is 504. The Kier molecular flexibility index (Phi) is 2.91. The molecule has 80 valence electrons. The van der Waals surface area contributed by atoms with Crippen molar-refractivity contribution in [3.63, 3.8) is 0 Å². The van der Waals surface area contributed by atoms with Gasteiger partial charge in [0.25, 0.3) is 0 Å². The largest absolute Gasteiger partial charge is 0.0984 e. The van der Waals surface area contributed by atoms with Crippen molar-refractivity contribution in [3.05, 3.63) is 65.7 Å². The van der Waals surface area contributed by atoms with Gasteiger partial charge in [-0.15, -0.1) is 0 Å². The van der Waals surface area contributed by atoms with E-state index in [0.717, 1.165) is 0 Å². The van der Waals surface area contributed by atoms with Gasteiger partial charge in [-0.25, -0.2) is 0 Å². The van der Waals surface area contributed by atoms with Crippen molar-refractivity contribution in [1.82, 2.24) is 0 Å². The van der Waals surface area contributed by atoms with Gasteiger partial charge >= 0.3 is 0 Å². The summed E-state index contributed by atoms with van der Waals surface area (Å²) in [7, 11) is 0. The highest BCUT2D eigenvalue weighted by atomic mass is 14.1. The number of hydrogen-bond donors (Lipinski definition) is 0. The van der Waals surface area contributed by atoms with Crippen LogP contribution >= 0.6 is 0 Å². The van der Waals surface area contributed by atoms with Crippen LogP contribution in [0.25, 0.3) is 17.2 Å². The Balaban J connectivity index is 2.63. The van der Waals surface area contributed by atoms with E-state index in [9.17, 15) is 0 Å². The molecule has 0 radical (unpaired) electrons. The fraction of sp³-hybridized carbons (Fsp3) is 0.125. The van der Waals surface area contributed by atoms with E-state index in [2.05, 4.69) is 62.9 Å². The third-order valence-electron chi connectivity index (χ3n) is 2.87. The van der Waals surface area contributed by atoms with Crippen LogP contribution in [0.2, 0.25) is 0 Å². The van der Waals surface area contributed by atoms with Gasteiger partial charge < -0.3 is 0 Å². The second-order valence-electron chi connectivity index (χ2n) is 4.11. The number of aryl methyl sites for hydroxylation is 2. The lowest BCUT2D eigenvalue weighted by atomic mass is 9.94. The minimum absolute atomic E-state index is 1.20. The van der Waals surface area contributed by atoms with Crippen molar-refractivity contribution in [2.75, 3.05) is 0 Å². The van der Waals surface area contributed by atoms with Crippen molar-refractivity contribution in [2.45, 2.75) is 13.8 Å². The predicted molar refractivity (Wildman–Crippen MR) is 71.4 cm³/mol. The van der Waals surface area contributed by atoms with Crippen LogP contribution in [-0.4, -0.2) is 0 Å². The highest BCUT2D eigenvalue weighted by Gasteiger charge is 2.05. The summed E-state index contributed by atoms with van der Waals surface area (Å²) < 4.78 is 0. The average Bonchev–Trinajstić information content (AvgIpc) is 2.30. The maximum atomic E-state index is 3.88. The molecule has 0 fully saturated rings. The standard InChI is InChI=1S/C16H16/c1-4-14-7-5-6-13(3)16(14)15-10-8-12(2)9-11-15/h4-11H,1H2,2-3H3. The normalized spacial score (nSPS) is 10.1. The molecule has 0 heterocycles. The van der Waals surface area contributed by atoms with Gasteiger partial charge in [0.15, 0.2) is 0 Å². The molecule has 0 aromatic heterocycles. The van der Waals surface area contributed by atoms with Crippen molar-refractivity contribution in [1.29, 1.82) is 0 Å². The highest BCUT2D eigenvalue weighted by Crippen LogP contribution is 2.28. The molecule has 0 amide bonds. The van der Waals surface area contributed by atoms with Crippen molar-refractivity contribution >= 4 is 6.08 Å². The molecule has 0 spiro atoms. The summed E-state index contributed by atoms with van der Waals surface area (Å²) in [4.78, 5) is 0. The highest BCUT2D eigenvalue weighted by molar-refractivity contribution is 5.77. The molecular formula is C16H16. The second-order valence-corrected chi connectivity index (χ2v) is 4.11. The first-order chi connectivity index (χ1) is 7.72. The zero-order valence-electron chi connectivity index (χ0n) is 9.83. The van der Waals surface area contributed by atoms with Crippen LogP contribution in [-0.2, 0) is 0 Å². The second kappa shape index (κ2) is 4.36. The van der Waals surface area contributed by atoms with E-state index in [4.69, 9.17) is 0 Å². The molecule has 2 aromatic carbocycles. The van der Waals surface area contributed by atoms with Crippen LogP contribution in [0.15, 0.2) is 49.0 Å². The van der Waals surface area contributed by atoms with Gasteiger partial charge in [0.2, 0.25) is 0 Å². The van der Waals surface area contributed by atoms with E-state index >= 15 is 0 Å². The van der Waals surface area contributed by atoms with Crippen molar-refractivity contribution in [3.8, 4) is 11.1 Å². The molecule has 0 atom stereocenters. The molecule has 0 bridgehead atoms. The summed E-state index contributed by atoms with van der Waals surface area (Å²) in [6, 6.07) is 15.0. The Morgan fingerprint density at radius 3 is 2.25 bits per heavy atom. The summed E-state index contributed by atoms with van der Waals surface area (Å²) in [5.41, 5.74) is 6.33. The average molecular weight is 208 g/mol. The molecule has 0 unspecified atom stereocenters. The maximum absolute atomic E-state index is 3.88. The molecule has 0 N–H and O–H groups in total. The first-order valence-corrected chi connectivity index (χ1v) is 5.51. The van der Waals surface area contributed by atoms with E-state index in [1.807, 2.05) is 6.08 Å². The molecule has 0 saturated carbocycles. The lowest BCUT2D eigenvalue weighted by Gasteiger charge is -2.10. The van der Waals surface area contributed by atoms with Crippen molar-refractivity contribution < 1.29 is 0 Å². The summed E-state index contributed by atoms with van der Waals surface area (Å²) in [5, 5.41) is 0. The molecule has 0 heteroatoms. The smallest absolute Gasteiger partial charge is 0.00824 e. The van der Waals surface area contributed by atoms with Crippen LogP contribution in [0.4, 0.5) is 0 Å². The number of benzene rings is 2. The van der Waals surface area contributed by atoms with Crippen LogP contribution in [0.5, 0.6) is 0 Å². The minimum Gasteiger partial charge on any atom is -0.0984 e. The Morgan fingerprint density at radius 2 is 1.62 bits per heavy atom. The third kappa shape index (κ3) is 1.92. The van der Waals surface area contributed by atoms with Gasteiger partial charge in [0.1, 0.15) is 0 Å². The van der Waals surface area contributed by atoms with Crippen LogP contribution < -0.4 is 0 Å². The zero-order chi connectivity index (χ0) is 11.5. The Labute approximate surface area is 97.3 Å². The van der Waals surface area contributed by atoms with Crippen LogP contribution in [0.3, 0.4) is 0 Å². The van der Waals surface area contributed by atoms with E-state index in [0.29, 0.717) is 0 Å². The first kappa shape index (κ1) is 10.7. The molecule has 0 nitrogen and oxygen atoms in total. The number of hydrogen-bond acceptors (Lipinski definition) is 0. The molecule has 0 aliphatic rings. The summed E-state index contributed by atoms with van der Waals surface area (Å²) in [5.74, 6) is 0. The van der Waals surface area contributed by atoms with Crippen molar-refractivity contribution in [2.24, 2.45) is 0 Å². The summed E-state index contributed by atoms with van der Waals surface area (Å²) in [6.07, 6.45) is 1.92. The Morgan fingerprint density at radius 1 is 0.938 bits per heavy atom. The van der Waals surface area contributed by atoms with Gasteiger partial charge in [-0.1, -0.05) is 60.7 Å². The van der Waals surface area contributed by atoms with E-state index in [-0.39, 0.29) is 0 Å². The molecular weight excluding hydrogens is 192 g/mol. The summed E-state index contributed by atoms with van der Waals surface area (Å²) in [6.45, 7) is 8.12. The minimum atomic E-state index is 1.20. The SMILES string of the molecule is C=Cc1cccc(C)c1-c1ccc(C)cc1. The van der Waals surface area contributed by atoms with Gasteiger partial charge in [-0.05, 0) is 36.1 Å². The zero-order valence-corrected chi connectivity index (χ0v) is 9.83. The maximum Gasteiger partial charge on any atom is -0.00824 e. The van der Waals surface area contributed by atoms with E-state index < -0.39 is 0 Å². The van der Waals surface area contributed by atoms with Crippen LogP contribution in [0, 0.1) is 13.8 Å². The molecule has 0 saturated heterocycles. The summed E-state index contributed by atoms with van der Waals surface area (Å²) >= 11 is 0. The first-order valence-electron chi connectivity index (χ1n) is 5.51. The van der Waals surface area contributed by atoms with Gasteiger partial charge in [0.05, 0.1) is 0 Å².